The molecule has 0 amide bonds. The Bertz CT molecular complexity index is 468. The molecule has 0 spiro atoms. The molecule has 2 rings (SSSR count). The fourth-order valence-corrected chi connectivity index (χ4v) is 2.38. The summed E-state index contributed by atoms with van der Waals surface area (Å²) < 4.78 is 0. The van der Waals surface area contributed by atoms with E-state index in [9.17, 15) is 0 Å². The molecular formula is C18H23Li. The molecule has 0 aromatic heterocycles. The first-order valence-electron chi connectivity index (χ1n) is 7.05. The average molecular weight is 246 g/mol. The van der Waals surface area contributed by atoms with Crippen molar-refractivity contribution in [1.29, 1.82) is 0 Å². The molecule has 0 heterocycles. The topological polar surface area (TPSA) is 0 Å². The van der Waals surface area contributed by atoms with Crippen molar-refractivity contribution in [1.82, 2.24) is 0 Å². The molecule has 0 unspecified atom stereocenters. The third-order valence-electron chi connectivity index (χ3n) is 3.40. The van der Waals surface area contributed by atoms with Crippen molar-refractivity contribution in [3.05, 3.63) is 60.2 Å². The Morgan fingerprint density at radius 3 is 2.21 bits per heavy atom. The SMILES string of the molecule is CCCCCCc1ccccc1-c1ccccc1.[H-].[Li+]. The molecule has 0 aliphatic heterocycles. The van der Waals surface area contributed by atoms with Gasteiger partial charge in [-0.3, -0.25) is 0 Å². The summed E-state index contributed by atoms with van der Waals surface area (Å²) in [6.45, 7) is 2.26. The van der Waals surface area contributed by atoms with Crippen molar-refractivity contribution in [3.8, 4) is 11.1 Å². The quantitative estimate of drug-likeness (QED) is 0.543. The number of rotatable bonds is 6. The number of aryl methyl sites for hydroxylation is 1. The minimum absolute atomic E-state index is 0. The standard InChI is InChI=1S/C18H22.Li.H/c1-2-3-4-6-11-17-14-9-10-15-18(17)16-12-7-5-8-13-16;;/h5,7-10,12-15H,2-4,6,11H2,1H3;;/q;+1;-1. The smallest absolute Gasteiger partial charge is 1.00 e. The van der Waals surface area contributed by atoms with Gasteiger partial charge in [-0.1, -0.05) is 80.8 Å². The molecule has 0 radical (unpaired) electrons. The van der Waals surface area contributed by atoms with E-state index in [1.807, 2.05) is 0 Å². The van der Waals surface area contributed by atoms with Crippen LogP contribution in [0.3, 0.4) is 0 Å². The van der Waals surface area contributed by atoms with E-state index in [4.69, 9.17) is 0 Å². The first-order chi connectivity index (χ1) is 8.92. The summed E-state index contributed by atoms with van der Waals surface area (Å²) in [5, 5.41) is 0. The van der Waals surface area contributed by atoms with Crippen LogP contribution in [0.5, 0.6) is 0 Å². The second-order valence-electron chi connectivity index (χ2n) is 4.83. The fraction of sp³-hybridized carbons (Fsp3) is 0.333. The van der Waals surface area contributed by atoms with Gasteiger partial charge in [-0.15, -0.1) is 0 Å². The Kier molecular flexibility index (Phi) is 7.64. The first-order valence-corrected chi connectivity index (χ1v) is 7.05. The van der Waals surface area contributed by atoms with Crippen molar-refractivity contribution in [3.63, 3.8) is 0 Å². The average Bonchev–Trinajstić information content (AvgIpc) is 2.45. The van der Waals surface area contributed by atoms with Crippen LogP contribution in [0.2, 0.25) is 0 Å². The molecule has 2 aromatic rings. The van der Waals surface area contributed by atoms with Crippen LogP contribution in [0.4, 0.5) is 0 Å². The maximum absolute atomic E-state index is 2.27. The van der Waals surface area contributed by atoms with E-state index >= 15 is 0 Å². The molecule has 0 aliphatic rings. The van der Waals surface area contributed by atoms with Crippen molar-refractivity contribution < 1.29 is 20.3 Å². The summed E-state index contributed by atoms with van der Waals surface area (Å²) in [4.78, 5) is 0. The predicted molar refractivity (Wildman–Crippen MR) is 80.8 cm³/mol. The van der Waals surface area contributed by atoms with Crippen LogP contribution in [0, 0.1) is 0 Å². The van der Waals surface area contributed by atoms with Crippen LogP contribution < -0.4 is 18.9 Å². The molecule has 0 atom stereocenters. The van der Waals surface area contributed by atoms with E-state index in [1.165, 1.54) is 48.8 Å². The van der Waals surface area contributed by atoms with E-state index in [0.717, 1.165) is 0 Å². The first kappa shape index (κ1) is 16.1. The van der Waals surface area contributed by atoms with Gasteiger partial charge in [-0.2, -0.15) is 0 Å². The molecule has 0 aliphatic carbocycles. The molecular weight excluding hydrogens is 223 g/mol. The minimum atomic E-state index is 0. The van der Waals surface area contributed by atoms with Gasteiger partial charge < -0.3 is 1.43 Å². The number of unbranched alkanes of at least 4 members (excludes halogenated alkanes) is 3. The summed E-state index contributed by atoms with van der Waals surface area (Å²) in [6, 6.07) is 19.5. The summed E-state index contributed by atoms with van der Waals surface area (Å²) in [6.07, 6.45) is 6.51. The van der Waals surface area contributed by atoms with Crippen LogP contribution in [-0.2, 0) is 6.42 Å². The van der Waals surface area contributed by atoms with E-state index < -0.39 is 0 Å². The number of hydrogen-bond acceptors (Lipinski definition) is 0. The van der Waals surface area contributed by atoms with Crippen LogP contribution >= 0.6 is 0 Å². The molecule has 0 bridgehead atoms. The van der Waals surface area contributed by atoms with E-state index in [2.05, 4.69) is 61.5 Å². The van der Waals surface area contributed by atoms with E-state index in [1.54, 1.807) is 0 Å². The van der Waals surface area contributed by atoms with Gasteiger partial charge in [0.05, 0.1) is 0 Å². The third kappa shape index (κ3) is 4.90. The van der Waals surface area contributed by atoms with Gasteiger partial charge in [0.25, 0.3) is 0 Å². The van der Waals surface area contributed by atoms with Crippen molar-refractivity contribution in [2.24, 2.45) is 0 Å². The fourth-order valence-electron chi connectivity index (χ4n) is 2.38. The molecule has 96 valence electrons. The van der Waals surface area contributed by atoms with Gasteiger partial charge in [0.2, 0.25) is 0 Å². The normalized spacial score (nSPS) is 9.95. The van der Waals surface area contributed by atoms with Crippen LogP contribution in [0.25, 0.3) is 11.1 Å². The summed E-state index contributed by atoms with van der Waals surface area (Å²) >= 11 is 0. The Hall–Kier alpha value is -0.963. The maximum Gasteiger partial charge on any atom is 1.00 e. The van der Waals surface area contributed by atoms with Crippen molar-refractivity contribution in [2.75, 3.05) is 0 Å². The largest absolute Gasteiger partial charge is 1.00 e. The summed E-state index contributed by atoms with van der Waals surface area (Å²) in [7, 11) is 0. The van der Waals surface area contributed by atoms with Crippen LogP contribution in [0.1, 0.15) is 39.6 Å². The monoisotopic (exact) mass is 246 g/mol. The van der Waals surface area contributed by atoms with Gasteiger partial charge in [0.15, 0.2) is 0 Å². The Morgan fingerprint density at radius 2 is 1.47 bits per heavy atom. The van der Waals surface area contributed by atoms with Crippen molar-refractivity contribution >= 4 is 0 Å². The second kappa shape index (κ2) is 9.02. The molecule has 19 heavy (non-hydrogen) atoms. The Morgan fingerprint density at radius 1 is 0.789 bits per heavy atom. The molecule has 1 heteroatoms. The Labute approximate surface area is 130 Å². The zero-order valence-electron chi connectivity index (χ0n) is 13.2. The van der Waals surface area contributed by atoms with Gasteiger partial charge in [0.1, 0.15) is 0 Å². The third-order valence-corrected chi connectivity index (χ3v) is 3.40. The zero-order valence-corrected chi connectivity index (χ0v) is 12.2. The zero-order chi connectivity index (χ0) is 12.6. The molecule has 0 fully saturated rings. The number of hydrogen-bond donors (Lipinski definition) is 0. The molecule has 0 saturated heterocycles. The summed E-state index contributed by atoms with van der Waals surface area (Å²) in [5.74, 6) is 0. The van der Waals surface area contributed by atoms with Gasteiger partial charge in [-0.25, -0.2) is 0 Å². The van der Waals surface area contributed by atoms with Gasteiger partial charge in [-0.05, 0) is 29.5 Å². The van der Waals surface area contributed by atoms with Gasteiger partial charge in [0, 0.05) is 0 Å². The molecule has 2 aromatic carbocycles. The molecule has 0 N–H and O–H groups in total. The van der Waals surface area contributed by atoms with Crippen LogP contribution in [0.15, 0.2) is 54.6 Å². The van der Waals surface area contributed by atoms with Crippen LogP contribution in [-0.4, -0.2) is 0 Å². The van der Waals surface area contributed by atoms with Gasteiger partial charge >= 0.3 is 18.9 Å². The summed E-state index contributed by atoms with van der Waals surface area (Å²) in [5.41, 5.74) is 4.22. The second-order valence-corrected chi connectivity index (χ2v) is 4.83. The molecule has 0 nitrogen and oxygen atoms in total. The predicted octanol–water partition coefficient (Wildman–Crippen LogP) is 2.59. The van der Waals surface area contributed by atoms with E-state index in [-0.39, 0.29) is 20.3 Å². The van der Waals surface area contributed by atoms with E-state index in [0.29, 0.717) is 0 Å². The number of benzene rings is 2. The Balaban J connectivity index is 0.00000180. The maximum atomic E-state index is 2.27. The van der Waals surface area contributed by atoms with Crippen molar-refractivity contribution in [2.45, 2.75) is 39.0 Å². The molecule has 0 saturated carbocycles. The minimum Gasteiger partial charge on any atom is -1.00 e.